The largest absolute Gasteiger partial charge is 0.392 e. The van der Waals surface area contributed by atoms with E-state index in [2.05, 4.69) is 5.10 Å². The van der Waals surface area contributed by atoms with Crippen LogP contribution in [0.5, 0.6) is 0 Å². The van der Waals surface area contributed by atoms with Gasteiger partial charge < -0.3 is 9.84 Å². The fourth-order valence-corrected chi connectivity index (χ4v) is 1.69. The lowest BCUT2D eigenvalue weighted by Crippen LogP contribution is -2.04. The minimum Gasteiger partial charge on any atom is -0.392 e. The van der Waals surface area contributed by atoms with Crippen LogP contribution in [-0.2, 0) is 17.9 Å². The molecule has 0 saturated carbocycles. The Labute approximate surface area is 90.9 Å². The Bertz CT molecular complexity index is 308. The number of aryl methyl sites for hydroxylation is 2. The average Bonchev–Trinajstić information content (AvgIpc) is 2.49. The lowest BCUT2D eigenvalue weighted by atomic mass is 10.2. The first-order chi connectivity index (χ1) is 7.20. The van der Waals surface area contributed by atoms with Gasteiger partial charge in [0.2, 0.25) is 0 Å². The lowest BCUT2D eigenvalue weighted by molar-refractivity contribution is 0.191. The van der Waals surface area contributed by atoms with Gasteiger partial charge in [-0.05, 0) is 26.7 Å². The number of hydrogen-bond acceptors (Lipinski definition) is 3. The summed E-state index contributed by atoms with van der Waals surface area (Å²) in [5.41, 5.74) is 2.97. The molecule has 0 aliphatic carbocycles. The number of unbranched alkanes of at least 4 members (excludes halogenated alkanes) is 1. The molecule has 0 atom stereocenters. The van der Waals surface area contributed by atoms with Crippen LogP contribution in [0.3, 0.4) is 0 Å². The molecule has 0 unspecified atom stereocenters. The fourth-order valence-electron chi connectivity index (χ4n) is 1.69. The van der Waals surface area contributed by atoms with E-state index in [1.54, 1.807) is 7.11 Å². The summed E-state index contributed by atoms with van der Waals surface area (Å²) in [6.45, 7) is 5.71. The second-order valence-electron chi connectivity index (χ2n) is 3.73. The van der Waals surface area contributed by atoms with Crippen LogP contribution >= 0.6 is 0 Å². The van der Waals surface area contributed by atoms with Gasteiger partial charge in [0.1, 0.15) is 0 Å². The van der Waals surface area contributed by atoms with Crippen molar-refractivity contribution in [2.45, 2.75) is 39.8 Å². The van der Waals surface area contributed by atoms with E-state index in [1.165, 1.54) is 0 Å². The molecule has 1 N–H and O–H groups in total. The molecule has 0 aliphatic rings. The SMILES string of the molecule is COCCCCn1nc(C)c(CO)c1C. The second kappa shape index (κ2) is 5.88. The van der Waals surface area contributed by atoms with Crippen LogP contribution in [0.4, 0.5) is 0 Å². The lowest BCUT2D eigenvalue weighted by Gasteiger charge is -2.04. The van der Waals surface area contributed by atoms with Crippen molar-refractivity contribution >= 4 is 0 Å². The highest BCUT2D eigenvalue weighted by Crippen LogP contribution is 2.13. The molecular weight excluding hydrogens is 192 g/mol. The zero-order valence-corrected chi connectivity index (χ0v) is 9.79. The first-order valence-corrected chi connectivity index (χ1v) is 5.33. The summed E-state index contributed by atoms with van der Waals surface area (Å²) in [6.07, 6.45) is 2.10. The van der Waals surface area contributed by atoms with Crippen LogP contribution in [0, 0.1) is 13.8 Å². The zero-order chi connectivity index (χ0) is 11.3. The predicted octanol–water partition coefficient (Wildman–Crippen LogP) is 1.42. The maximum atomic E-state index is 9.15. The van der Waals surface area contributed by atoms with Crippen LogP contribution in [0.15, 0.2) is 0 Å². The van der Waals surface area contributed by atoms with E-state index in [4.69, 9.17) is 9.84 Å². The van der Waals surface area contributed by atoms with Gasteiger partial charge in [0.15, 0.2) is 0 Å². The molecule has 86 valence electrons. The van der Waals surface area contributed by atoms with E-state index in [1.807, 2.05) is 18.5 Å². The van der Waals surface area contributed by atoms with Crippen molar-refractivity contribution in [3.8, 4) is 0 Å². The number of rotatable bonds is 6. The van der Waals surface area contributed by atoms with Gasteiger partial charge in [0, 0.05) is 31.5 Å². The monoisotopic (exact) mass is 212 g/mol. The van der Waals surface area contributed by atoms with E-state index in [9.17, 15) is 0 Å². The number of aromatic nitrogens is 2. The molecule has 1 aromatic heterocycles. The number of aliphatic hydroxyl groups is 1. The van der Waals surface area contributed by atoms with Gasteiger partial charge in [-0.1, -0.05) is 0 Å². The van der Waals surface area contributed by atoms with Gasteiger partial charge >= 0.3 is 0 Å². The van der Waals surface area contributed by atoms with Crippen LogP contribution in [0.2, 0.25) is 0 Å². The van der Waals surface area contributed by atoms with Crippen LogP contribution in [-0.4, -0.2) is 28.6 Å². The molecule has 0 aliphatic heterocycles. The first-order valence-electron chi connectivity index (χ1n) is 5.33. The van der Waals surface area contributed by atoms with E-state index in [0.29, 0.717) is 0 Å². The van der Waals surface area contributed by atoms with Crippen LogP contribution in [0.25, 0.3) is 0 Å². The normalized spacial score (nSPS) is 10.9. The molecule has 4 heteroatoms. The molecule has 4 nitrogen and oxygen atoms in total. The molecule has 1 rings (SSSR count). The number of nitrogens with zero attached hydrogens (tertiary/aromatic N) is 2. The molecule has 0 fully saturated rings. The Hall–Kier alpha value is -0.870. The van der Waals surface area contributed by atoms with Gasteiger partial charge in [-0.15, -0.1) is 0 Å². The highest BCUT2D eigenvalue weighted by atomic mass is 16.5. The van der Waals surface area contributed by atoms with Crippen LogP contribution < -0.4 is 0 Å². The minimum absolute atomic E-state index is 0.0791. The quantitative estimate of drug-likeness (QED) is 0.725. The van der Waals surface area contributed by atoms with Crippen molar-refractivity contribution in [3.63, 3.8) is 0 Å². The van der Waals surface area contributed by atoms with Crippen molar-refractivity contribution in [1.29, 1.82) is 0 Å². The third-order valence-electron chi connectivity index (χ3n) is 2.66. The molecule has 15 heavy (non-hydrogen) atoms. The van der Waals surface area contributed by atoms with Gasteiger partial charge in [-0.25, -0.2) is 0 Å². The molecule has 0 aromatic carbocycles. The number of aliphatic hydroxyl groups excluding tert-OH is 1. The van der Waals surface area contributed by atoms with E-state index in [0.717, 1.165) is 42.9 Å². The molecule has 0 radical (unpaired) electrons. The predicted molar refractivity (Wildman–Crippen MR) is 58.7 cm³/mol. The summed E-state index contributed by atoms with van der Waals surface area (Å²) in [5, 5.41) is 13.5. The molecule has 0 amide bonds. The molecule has 0 spiro atoms. The number of hydrogen-bond donors (Lipinski definition) is 1. The van der Waals surface area contributed by atoms with Crippen molar-refractivity contribution in [2.24, 2.45) is 0 Å². The Balaban J connectivity index is 2.54. The average molecular weight is 212 g/mol. The summed E-state index contributed by atoms with van der Waals surface area (Å²) >= 11 is 0. The van der Waals surface area contributed by atoms with Crippen molar-refractivity contribution < 1.29 is 9.84 Å². The highest BCUT2D eigenvalue weighted by Gasteiger charge is 2.09. The zero-order valence-electron chi connectivity index (χ0n) is 9.79. The maximum absolute atomic E-state index is 9.15. The Morgan fingerprint density at radius 2 is 2.07 bits per heavy atom. The molecule has 0 bridgehead atoms. The smallest absolute Gasteiger partial charge is 0.0718 e. The molecule has 1 heterocycles. The van der Waals surface area contributed by atoms with Crippen molar-refractivity contribution in [1.82, 2.24) is 9.78 Å². The fraction of sp³-hybridized carbons (Fsp3) is 0.727. The second-order valence-corrected chi connectivity index (χ2v) is 3.73. The van der Waals surface area contributed by atoms with Gasteiger partial charge in [-0.2, -0.15) is 5.10 Å². The topological polar surface area (TPSA) is 47.3 Å². The Morgan fingerprint density at radius 1 is 1.33 bits per heavy atom. The first kappa shape index (κ1) is 12.2. The highest BCUT2D eigenvalue weighted by molar-refractivity contribution is 5.23. The number of ether oxygens (including phenoxy) is 1. The summed E-state index contributed by atoms with van der Waals surface area (Å²) in [6, 6.07) is 0. The van der Waals surface area contributed by atoms with Crippen molar-refractivity contribution in [3.05, 3.63) is 17.0 Å². The summed E-state index contributed by atoms with van der Waals surface area (Å²) in [4.78, 5) is 0. The summed E-state index contributed by atoms with van der Waals surface area (Å²) < 4.78 is 6.96. The minimum atomic E-state index is 0.0791. The van der Waals surface area contributed by atoms with Gasteiger partial charge in [0.05, 0.1) is 12.3 Å². The standard InChI is InChI=1S/C11H20N2O2/c1-9-11(8-14)10(2)13(12-9)6-4-5-7-15-3/h14H,4-8H2,1-3H3. The summed E-state index contributed by atoms with van der Waals surface area (Å²) in [5.74, 6) is 0. The summed E-state index contributed by atoms with van der Waals surface area (Å²) in [7, 11) is 1.72. The Kier molecular flexibility index (Phi) is 4.78. The molecule has 1 aromatic rings. The molecular formula is C11H20N2O2. The van der Waals surface area contributed by atoms with E-state index >= 15 is 0 Å². The maximum Gasteiger partial charge on any atom is 0.0718 e. The van der Waals surface area contributed by atoms with E-state index < -0.39 is 0 Å². The van der Waals surface area contributed by atoms with Crippen molar-refractivity contribution in [2.75, 3.05) is 13.7 Å². The number of methoxy groups -OCH3 is 1. The molecule has 0 saturated heterocycles. The van der Waals surface area contributed by atoms with E-state index in [-0.39, 0.29) is 6.61 Å². The Morgan fingerprint density at radius 3 is 2.60 bits per heavy atom. The van der Waals surface area contributed by atoms with Gasteiger partial charge in [-0.3, -0.25) is 4.68 Å². The third-order valence-corrected chi connectivity index (χ3v) is 2.66. The van der Waals surface area contributed by atoms with Crippen LogP contribution in [0.1, 0.15) is 29.8 Å². The third kappa shape index (κ3) is 3.04. The van der Waals surface area contributed by atoms with Gasteiger partial charge in [0.25, 0.3) is 0 Å².